The van der Waals surface area contributed by atoms with E-state index in [0.717, 1.165) is 24.8 Å². The summed E-state index contributed by atoms with van der Waals surface area (Å²) in [6.07, 6.45) is 5.15. The number of carbonyl (C=O) groups is 2. The van der Waals surface area contributed by atoms with E-state index in [2.05, 4.69) is 12.1 Å². The summed E-state index contributed by atoms with van der Waals surface area (Å²) in [5.41, 5.74) is 2.46. The van der Waals surface area contributed by atoms with Crippen LogP contribution >= 0.6 is 11.3 Å². The summed E-state index contributed by atoms with van der Waals surface area (Å²) < 4.78 is 0.678. The molecule has 1 aliphatic heterocycles. The molecule has 0 aliphatic carbocycles. The molecule has 1 aliphatic rings. The van der Waals surface area contributed by atoms with Gasteiger partial charge < -0.3 is 15.0 Å². The van der Waals surface area contributed by atoms with Gasteiger partial charge in [-0.25, -0.2) is 0 Å². The van der Waals surface area contributed by atoms with Crippen LogP contribution in [0.4, 0.5) is 0 Å². The molecule has 0 spiro atoms. The van der Waals surface area contributed by atoms with Crippen LogP contribution in [0.15, 0.2) is 71.7 Å². The van der Waals surface area contributed by atoms with Crippen LogP contribution in [0, 0.1) is 11.1 Å². The van der Waals surface area contributed by atoms with Crippen LogP contribution in [-0.4, -0.2) is 47.8 Å². The summed E-state index contributed by atoms with van der Waals surface area (Å²) in [6.45, 7) is 1.28. The third-order valence-electron chi connectivity index (χ3n) is 6.29. The molecule has 4 rings (SSSR count). The summed E-state index contributed by atoms with van der Waals surface area (Å²) in [6, 6.07) is 15.3. The zero-order valence-corrected chi connectivity index (χ0v) is 18.9. The molecule has 1 fully saturated rings. The number of likely N-dealkylation sites (N-methyl/N-ethyl adjacent to an activating group) is 1. The predicted molar refractivity (Wildman–Crippen MR) is 124 cm³/mol. The standard InChI is InChI=1S/C25H27N3O3S/c1-26(24(29)22-11-16-32-18-22)23(17-19-5-3-2-4-6-19)20-7-12-27(13-8-20)25(30)21-9-14-28(31)15-10-21/h2-6,9-11,14-16,18,20,23H,7-8,12-13,17H2,1H3/t23-/m0/s1. The molecule has 0 radical (unpaired) electrons. The molecule has 3 heterocycles. The molecule has 7 heteroatoms. The number of benzene rings is 1. The van der Waals surface area contributed by atoms with E-state index in [1.807, 2.05) is 51.9 Å². The van der Waals surface area contributed by atoms with Crippen LogP contribution in [0.2, 0.25) is 0 Å². The minimum absolute atomic E-state index is 0.0425. The van der Waals surface area contributed by atoms with Crippen molar-refractivity contribution in [2.75, 3.05) is 20.1 Å². The number of amides is 2. The average Bonchev–Trinajstić information content (AvgIpc) is 3.38. The highest BCUT2D eigenvalue weighted by Crippen LogP contribution is 2.28. The Kier molecular flexibility index (Phi) is 6.85. The molecule has 3 aromatic rings. The molecule has 0 unspecified atom stereocenters. The zero-order chi connectivity index (χ0) is 22.5. The van der Waals surface area contributed by atoms with Crippen molar-refractivity contribution in [2.24, 2.45) is 5.92 Å². The topological polar surface area (TPSA) is 67.6 Å². The van der Waals surface area contributed by atoms with Gasteiger partial charge in [0.15, 0.2) is 12.4 Å². The molecule has 0 bridgehead atoms. The van der Waals surface area contributed by atoms with Gasteiger partial charge in [-0.1, -0.05) is 30.3 Å². The number of carbonyl (C=O) groups excluding carboxylic acids is 2. The fourth-order valence-corrected chi connectivity index (χ4v) is 5.07. The smallest absolute Gasteiger partial charge is 0.254 e. The highest BCUT2D eigenvalue weighted by Gasteiger charge is 2.33. The van der Waals surface area contributed by atoms with E-state index in [1.165, 1.54) is 29.3 Å². The molecular weight excluding hydrogens is 422 g/mol. The summed E-state index contributed by atoms with van der Waals surface area (Å²) in [7, 11) is 1.90. The third kappa shape index (κ3) is 4.99. The molecule has 0 saturated carbocycles. The van der Waals surface area contributed by atoms with Gasteiger partial charge in [0.05, 0.1) is 11.1 Å². The first-order valence-electron chi connectivity index (χ1n) is 10.8. The maximum absolute atomic E-state index is 13.1. The number of hydrogen-bond acceptors (Lipinski definition) is 4. The highest BCUT2D eigenvalue weighted by atomic mass is 32.1. The molecule has 6 nitrogen and oxygen atoms in total. The lowest BCUT2D eigenvalue weighted by Gasteiger charge is -2.40. The summed E-state index contributed by atoms with van der Waals surface area (Å²) in [4.78, 5) is 29.7. The van der Waals surface area contributed by atoms with E-state index >= 15 is 0 Å². The lowest BCUT2D eigenvalue weighted by Crippen LogP contribution is -2.48. The summed E-state index contributed by atoms with van der Waals surface area (Å²) in [5, 5.41) is 15.1. The van der Waals surface area contributed by atoms with Crippen molar-refractivity contribution in [1.29, 1.82) is 0 Å². The van der Waals surface area contributed by atoms with Gasteiger partial charge in [-0.3, -0.25) is 9.59 Å². The molecule has 1 atom stereocenters. The number of thiophene rings is 1. The van der Waals surface area contributed by atoms with Gasteiger partial charge >= 0.3 is 0 Å². The van der Waals surface area contributed by atoms with E-state index in [1.54, 1.807) is 12.1 Å². The summed E-state index contributed by atoms with van der Waals surface area (Å²) >= 11 is 1.53. The lowest BCUT2D eigenvalue weighted by molar-refractivity contribution is -0.605. The molecule has 0 N–H and O–H groups in total. The Labute approximate surface area is 192 Å². The first kappa shape index (κ1) is 22.0. The van der Waals surface area contributed by atoms with Crippen molar-refractivity contribution in [3.05, 3.63) is 93.6 Å². The van der Waals surface area contributed by atoms with E-state index in [9.17, 15) is 14.8 Å². The molecule has 1 saturated heterocycles. The molecular formula is C25H27N3O3S. The number of aromatic nitrogens is 1. The van der Waals surface area contributed by atoms with Crippen molar-refractivity contribution < 1.29 is 14.3 Å². The maximum atomic E-state index is 13.1. The van der Waals surface area contributed by atoms with Gasteiger partial charge in [-0.05, 0) is 42.2 Å². The Bertz CT molecular complexity index is 1030. The van der Waals surface area contributed by atoms with Crippen LogP contribution in [0.1, 0.15) is 39.1 Å². The van der Waals surface area contributed by atoms with Gasteiger partial charge in [0.25, 0.3) is 11.8 Å². The fourth-order valence-electron chi connectivity index (χ4n) is 4.44. The third-order valence-corrected chi connectivity index (χ3v) is 6.98. The first-order valence-corrected chi connectivity index (χ1v) is 11.8. The summed E-state index contributed by atoms with van der Waals surface area (Å²) in [5.74, 6) is 0.290. The minimum atomic E-state index is -0.0497. The maximum Gasteiger partial charge on any atom is 0.254 e. The van der Waals surface area contributed by atoms with Gasteiger partial charge in [0.2, 0.25) is 0 Å². The second-order valence-electron chi connectivity index (χ2n) is 8.26. The monoisotopic (exact) mass is 449 g/mol. The SMILES string of the molecule is CN(C(=O)c1ccsc1)[C@@H](Cc1ccccc1)C1CCN(C(=O)c2cc[n+]([O-])cc2)CC1. The van der Waals surface area contributed by atoms with Gasteiger partial charge in [0, 0.05) is 43.7 Å². The van der Waals surface area contributed by atoms with E-state index in [-0.39, 0.29) is 17.9 Å². The van der Waals surface area contributed by atoms with Crippen molar-refractivity contribution in [3.63, 3.8) is 0 Å². The second kappa shape index (κ2) is 9.96. The van der Waals surface area contributed by atoms with Crippen LogP contribution in [0.5, 0.6) is 0 Å². The minimum Gasteiger partial charge on any atom is -0.619 e. The van der Waals surface area contributed by atoms with Gasteiger partial charge in [0.1, 0.15) is 0 Å². The highest BCUT2D eigenvalue weighted by molar-refractivity contribution is 7.08. The van der Waals surface area contributed by atoms with Gasteiger partial charge in [-0.15, -0.1) is 0 Å². The Morgan fingerprint density at radius 1 is 1.09 bits per heavy atom. The van der Waals surface area contributed by atoms with E-state index in [0.29, 0.717) is 29.3 Å². The average molecular weight is 450 g/mol. The molecule has 2 amide bonds. The molecule has 1 aromatic carbocycles. The number of pyridine rings is 1. The Morgan fingerprint density at radius 3 is 2.41 bits per heavy atom. The molecule has 166 valence electrons. The number of hydrogen-bond donors (Lipinski definition) is 0. The number of likely N-dealkylation sites (tertiary alicyclic amines) is 1. The Hall–Kier alpha value is -3.19. The fraction of sp³-hybridized carbons (Fsp3) is 0.320. The lowest BCUT2D eigenvalue weighted by atomic mass is 9.84. The zero-order valence-electron chi connectivity index (χ0n) is 18.1. The number of nitrogens with zero attached hydrogens (tertiary/aromatic N) is 3. The van der Waals surface area contributed by atoms with Gasteiger partial charge in [-0.2, -0.15) is 16.1 Å². The Balaban J connectivity index is 1.47. The van der Waals surface area contributed by atoms with Crippen LogP contribution in [0.25, 0.3) is 0 Å². The van der Waals surface area contributed by atoms with Crippen LogP contribution in [0.3, 0.4) is 0 Å². The number of rotatable bonds is 6. The normalized spacial score (nSPS) is 15.3. The van der Waals surface area contributed by atoms with Crippen molar-refractivity contribution in [2.45, 2.75) is 25.3 Å². The Morgan fingerprint density at radius 2 is 1.78 bits per heavy atom. The van der Waals surface area contributed by atoms with Crippen molar-refractivity contribution >= 4 is 23.2 Å². The van der Waals surface area contributed by atoms with E-state index in [4.69, 9.17) is 0 Å². The molecule has 32 heavy (non-hydrogen) atoms. The van der Waals surface area contributed by atoms with Crippen molar-refractivity contribution in [3.8, 4) is 0 Å². The second-order valence-corrected chi connectivity index (χ2v) is 9.04. The number of piperidine rings is 1. The molecule has 2 aromatic heterocycles. The van der Waals surface area contributed by atoms with Crippen LogP contribution < -0.4 is 4.73 Å². The predicted octanol–water partition coefficient (Wildman–Crippen LogP) is 3.62. The van der Waals surface area contributed by atoms with Crippen LogP contribution in [-0.2, 0) is 6.42 Å². The van der Waals surface area contributed by atoms with E-state index < -0.39 is 0 Å². The largest absolute Gasteiger partial charge is 0.619 e. The quantitative estimate of drug-likeness (QED) is 0.426. The van der Waals surface area contributed by atoms with Crippen molar-refractivity contribution in [1.82, 2.24) is 9.80 Å². The first-order chi connectivity index (χ1) is 15.5.